The molecule has 0 bridgehead atoms. The van der Waals surface area contributed by atoms with Gasteiger partial charge in [-0.1, -0.05) is 31.4 Å². The lowest BCUT2D eigenvalue weighted by Gasteiger charge is -2.35. The number of benzene rings is 1. The zero-order valence-electron chi connectivity index (χ0n) is 21.0. The first kappa shape index (κ1) is 39.0. The van der Waals surface area contributed by atoms with Crippen molar-refractivity contribution in [3.8, 4) is 0 Å². The van der Waals surface area contributed by atoms with Crippen molar-refractivity contribution in [1.82, 2.24) is 0 Å². The quantitative estimate of drug-likeness (QED) is 0.0947. The molecule has 0 radical (unpaired) electrons. The van der Waals surface area contributed by atoms with E-state index < -0.39 is 86.6 Å². The summed E-state index contributed by atoms with van der Waals surface area (Å²) in [7, 11) is -4.55. The van der Waals surface area contributed by atoms with Crippen molar-refractivity contribution in [1.29, 1.82) is 0 Å². The lowest BCUT2D eigenvalue weighted by atomic mass is 9.85. The number of hydrogen-bond donors (Lipinski definition) is 2. The number of halogens is 12. The summed E-state index contributed by atoms with van der Waals surface area (Å²) in [6, 6.07) is 0.628. The number of ether oxygens (including phenoxy) is 2. The van der Waals surface area contributed by atoms with Crippen molar-refractivity contribution < 1.29 is 80.2 Å². The second-order valence-corrected chi connectivity index (χ2v) is 9.44. The third-order valence-corrected chi connectivity index (χ3v) is 5.83. The van der Waals surface area contributed by atoms with Crippen LogP contribution in [0.4, 0.5) is 52.7 Å². The molecule has 3 atom stereocenters. The normalized spacial score (nSPS) is 16.5. The smallest absolute Gasteiger partial charge is 0.402 e. The highest BCUT2D eigenvalue weighted by Crippen LogP contribution is 2.49. The van der Waals surface area contributed by atoms with Gasteiger partial charge < -0.3 is 9.84 Å². The van der Waals surface area contributed by atoms with Crippen LogP contribution in [0.3, 0.4) is 0 Å². The molecule has 0 aliphatic rings. The number of alkyl halides is 10. The van der Waals surface area contributed by atoms with Crippen LogP contribution in [0.1, 0.15) is 18.9 Å². The van der Waals surface area contributed by atoms with Crippen molar-refractivity contribution in [2.24, 2.45) is 0 Å². The van der Waals surface area contributed by atoms with Crippen LogP contribution in [0.15, 0.2) is 79.5 Å². The van der Waals surface area contributed by atoms with Gasteiger partial charge in [-0.15, -0.1) is 6.58 Å². The molecule has 19 heteroatoms. The average molecular weight is 654 g/mol. The highest BCUT2D eigenvalue weighted by atomic mass is 32.2. The van der Waals surface area contributed by atoms with E-state index in [9.17, 15) is 61.1 Å². The summed E-state index contributed by atoms with van der Waals surface area (Å²) in [6.07, 6.45) is -15.2. The number of hydrogen-bond acceptors (Lipinski definition) is 5. The van der Waals surface area contributed by atoms with Crippen molar-refractivity contribution in [2.45, 2.75) is 59.9 Å². The molecule has 0 aliphatic heterocycles. The molecule has 0 saturated carbocycles. The van der Waals surface area contributed by atoms with E-state index in [4.69, 9.17) is 9.66 Å². The topological polar surface area (TPSA) is 93.1 Å². The predicted octanol–water partition coefficient (Wildman–Crippen LogP) is 7.31. The van der Waals surface area contributed by atoms with E-state index in [-0.39, 0.29) is 6.92 Å². The molecule has 6 nitrogen and oxygen atoms in total. The maximum Gasteiger partial charge on any atom is 0.465 e. The Balaban J connectivity index is 0.000000800. The van der Waals surface area contributed by atoms with Gasteiger partial charge in [-0.2, -0.15) is 52.3 Å². The number of aliphatic hydroxyl groups excluding tert-OH is 1. The van der Waals surface area contributed by atoms with E-state index in [0.717, 1.165) is 30.3 Å². The van der Waals surface area contributed by atoms with Crippen LogP contribution in [0, 0.1) is 0 Å². The van der Waals surface area contributed by atoms with Gasteiger partial charge in [-0.3, -0.25) is 9.29 Å². The Kier molecular flexibility index (Phi) is 12.1. The SMILES string of the molecule is C=CC(F)(OC(F)(F)C(F)(F)C(C)O)C(F)(F)OC(=C)F.C=CCC(F)(c1ccc(S(=O)(=O)O)cc1)C(F)(F)C(=C)F. The maximum absolute atomic E-state index is 14.6. The number of aliphatic hydroxyl groups is 1. The monoisotopic (exact) mass is 654 g/mol. The molecule has 0 heterocycles. The molecule has 1 aromatic rings. The van der Waals surface area contributed by atoms with Gasteiger partial charge in [-0.25, -0.2) is 8.78 Å². The van der Waals surface area contributed by atoms with Crippen LogP contribution in [-0.4, -0.2) is 54.1 Å². The van der Waals surface area contributed by atoms with Gasteiger partial charge in [-0.05, 0) is 37.3 Å². The molecule has 42 heavy (non-hydrogen) atoms. The lowest BCUT2D eigenvalue weighted by molar-refractivity contribution is -0.458. The Morgan fingerprint density at radius 1 is 0.929 bits per heavy atom. The lowest BCUT2D eigenvalue weighted by Crippen LogP contribution is -2.58. The first-order valence-electron chi connectivity index (χ1n) is 10.6. The van der Waals surface area contributed by atoms with Gasteiger partial charge >= 0.3 is 29.9 Å². The minimum Gasteiger partial charge on any atom is -0.402 e. The van der Waals surface area contributed by atoms with Crippen LogP contribution in [-0.2, 0) is 25.3 Å². The summed E-state index contributed by atoms with van der Waals surface area (Å²) in [5.41, 5.74) is -4.14. The van der Waals surface area contributed by atoms with Crippen LogP contribution in [0.5, 0.6) is 0 Å². The van der Waals surface area contributed by atoms with Crippen molar-refractivity contribution in [2.75, 3.05) is 0 Å². The zero-order valence-corrected chi connectivity index (χ0v) is 21.9. The standard InChI is InChI=1S/C13H12F4O3S.C10H10F8O3/c1-3-8-12(15,13(16,17)9(2)14)10-4-6-11(7-5-10)21(18,19)20;1-4-7(12,9(15,16)20-6(3)11)21-10(17,18)8(13,14)5(2)19/h3-7H,1-2,8H2,(H,18,19,20);4-5,19H,1,3H2,2H3. The molecule has 3 unspecified atom stereocenters. The second-order valence-electron chi connectivity index (χ2n) is 8.01. The third-order valence-electron chi connectivity index (χ3n) is 4.96. The zero-order chi connectivity index (χ0) is 33.8. The van der Waals surface area contributed by atoms with Crippen molar-refractivity contribution >= 4 is 10.1 Å². The molecule has 0 fully saturated rings. The summed E-state index contributed by atoms with van der Waals surface area (Å²) < 4.78 is 195. The first-order chi connectivity index (χ1) is 18.6. The first-order valence-corrected chi connectivity index (χ1v) is 12.0. The molecule has 0 amide bonds. The Hall–Kier alpha value is -3.03. The fourth-order valence-corrected chi connectivity index (χ4v) is 3.14. The van der Waals surface area contributed by atoms with Crippen molar-refractivity contribution in [3.63, 3.8) is 0 Å². The molecule has 0 aliphatic carbocycles. The van der Waals surface area contributed by atoms with Gasteiger partial charge in [0.05, 0.1) is 4.90 Å². The van der Waals surface area contributed by atoms with Gasteiger partial charge in [0.15, 0.2) is 5.83 Å². The van der Waals surface area contributed by atoms with E-state index in [1.54, 1.807) is 0 Å². The van der Waals surface area contributed by atoms with E-state index >= 15 is 0 Å². The van der Waals surface area contributed by atoms with Gasteiger partial charge in [0.25, 0.3) is 16.1 Å². The number of allylic oxidation sites excluding steroid dienone is 2. The minimum absolute atomic E-state index is 0.184. The summed E-state index contributed by atoms with van der Waals surface area (Å²) in [5.74, 6) is -17.2. The van der Waals surface area contributed by atoms with Gasteiger partial charge in [0, 0.05) is 6.42 Å². The fourth-order valence-electron chi connectivity index (χ4n) is 2.66. The predicted molar refractivity (Wildman–Crippen MR) is 122 cm³/mol. The summed E-state index contributed by atoms with van der Waals surface area (Å²) >= 11 is 0. The highest BCUT2D eigenvalue weighted by Gasteiger charge is 2.70. The molecule has 1 rings (SSSR count). The highest BCUT2D eigenvalue weighted by molar-refractivity contribution is 7.85. The van der Waals surface area contributed by atoms with Crippen LogP contribution >= 0.6 is 0 Å². The molecule has 0 aromatic heterocycles. The molecular formula is C23H22F12O6S. The van der Waals surface area contributed by atoms with Gasteiger partial charge in [0.2, 0.25) is 5.67 Å². The van der Waals surface area contributed by atoms with E-state index in [2.05, 4.69) is 35.8 Å². The molecule has 0 spiro atoms. The maximum atomic E-state index is 14.6. The Morgan fingerprint density at radius 3 is 1.69 bits per heavy atom. The molecule has 0 saturated heterocycles. The Labute approximate surface area is 231 Å². The summed E-state index contributed by atoms with van der Waals surface area (Å²) in [4.78, 5) is -0.602. The fraction of sp³-hybridized carbons (Fsp3) is 0.391. The Morgan fingerprint density at radius 2 is 1.38 bits per heavy atom. The van der Waals surface area contributed by atoms with E-state index in [1.807, 2.05) is 0 Å². The third kappa shape index (κ3) is 8.29. The van der Waals surface area contributed by atoms with E-state index in [0.29, 0.717) is 0 Å². The molecular weight excluding hydrogens is 632 g/mol. The van der Waals surface area contributed by atoms with E-state index in [1.165, 1.54) is 0 Å². The second kappa shape index (κ2) is 13.1. The molecule has 2 N–H and O–H groups in total. The van der Waals surface area contributed by atoms with Crippen LogP contribution in [0.2, 0.25) is 0 Å². The van der Waals surface area contributed by atoms with Crippen LogP contribution in [0.25, 0.3) is 0 Å². The molecule has 240 valence electrons. The average Bonchev–Trinajstić information content (AvgIpc) is 2.82. The minimum atomic E-state index is -5.89. The summed E-state index contributed by atoms with van der Waals surface area (Å²) in [6.45, 7) is 10.3. The van der Waals surface area contributed by atoms with Crippen molar-refractivity contribution in [3.05, 3.63) is 80.1 Å². The largest absolute Gasteiger partial charge is 0.465 e. The van der Waals surface area contributed by atoms with Crippen LogP contribution < -0.4 is 0 Å². The summed E-state index contributed by atoms with van der Waals surface area (Å²) in [5, 5.41) is 8.48. The van der Waals surface area contributed by atoms with Gasteiger partial charge in [0.1, 0.15) is 6.10 Å². The Bertz CT molecular complexity index is 1250. The molecule has 1 aromatic carbocycles. The number of rotatable bonds is 14.